The maximum atomic E-state index is 2.29. The Morgan fingerprint density at radius 2 is 1.80 bits per heavy atom. The lowest BCUT2D eigenvalue weighted by atomic mass is 9.89. The average Bonchev–Trinajstić information content (AvgIpc) is 1.89. The van der Waals surface area contributed by atoms with Crippen molar-refractivity contribution in [2.75, 3.05) is 0 Å². The highest BCUT2D eigenvalue weighted by Gasteiger charge is 2.09. The molecule has 1 unspecified atom stereocenters. The summed E-state index contributed by atoms with van der Waals surface area (Å²) in [6.45, 7) is 9.05. The van der Waals surface area contributed by atoms with Crippen LogP contribution in [0.5, 0.6) is 0 Å². The number of unbranched alkanes of at least 4 members (excludes halogenated alkanes) is 1. The monoisotopic (exact) mass is 141 g/mol. The van der Waals surface area contributed by atoms with E-state index in [4.69, 9.17) is 0 Å². The highest BCUT2D eigenvalue weighted by Crippen LogP contribution is 2.22. The molecule has 10 heavy (non-hydrogen) atoms. The summed E-state index contributed by atoms with van der Waals surface area (Å²) in [4.78, 5) is 0. The lowest BCUT2D eigenvalue weighted by Crippen LogP contribution is -2.04. The second-order valence-corrected chi connectivity index (χ2v) is 3.32. The fourth-order valence-corrected chi connectivity index (χ4v) is 1.35. The van der Waals surface area contributed by atoms with Crippen LogP contribution in [0.25, 0.3) is 0 Å². The van der Waals surface area contributed by atoms with E-state index in [2.05, 4.69) is 27.7 Å². The molecule has 0 saturated carbocycles. The van der Waals surface area contributed by atoms with Gasteiger partial charge in [-0.05, 0) is 18.3 Å². The molecule has 1 atom stereocenters. The van der Waals surface area contributed by atoms with E-state index in [0.717, 1.165) is 5.92 Å². The quantitative estimate of drug-likeness (QED) is 0.546. The first kappa shape index (κ1) is 10.0. The van der Waals surface area contributed by atoms with Gasteiger partial charge in [-0.25, -0.2) is 0 Å². The fraction of sp³-hybridized carbons (Fsp3) is 0.900. The van der Waals surface area contributed by atoms with Gasteiger partial charge < -0.3 is 0 Å². The van der Waals surface area contributed by atoms with Gasteiger partial charge in [-0.15, -0.1) is 0 Å². The van der Waals surface area contributed by atoms with E-state index in [1.54, 1.807) is 5.92 Å². The van der Waals surface area contributed by atoms with Crippen molar-refractivity contribution in [3.05, 3.63) is 5.92 Å². The molecule has 0 aliphatic rings. The smallest absolute Gasteiger partial charge is 0.0272 e. The first-order chi connectivity index (χ1) is 4.72. The Kier molecular flexibility index (Phi) is 5.76. The molecule has 0 bridgehead atoms. The van der Waals surface area contributed by atoms with Gasteiger partial charge in [-0.3, -0.25) is 0 Å². The van der Waals surface area contributed by atoms with Crippen LogP contribution in [0.15, 0.2) is 0 Å². The first-order valence-electron chi connectivity index (χ1n) is 4.52. The lowest BCUT2D eigenvalue weighted by molar-refractivity contribution is 0.469. The molecule has 0 rings (SSSR count). The first-order valence-corrected chi connectivity index (χ1v) is 4.52. The zero-order valence-electron chi connectivity index (χ0n) is 7.91. The number of rotatable bonds is 5. The topological polar surface area (TPSA) is 0 Å². The van der Waals surface area contributed by atoms with E-state index in [1.807, 2.05) is 0 Å². The van der Waals surface area contributed by atoms with Gasteiger partial charge in [0.2, 0.25) is 0 Å². The zero-order chi connectivity index (χ0) is 7.98. The SMILES string of the molecule is CCCCC(CC)[C](C)C. The van der Waals surface area contributed by atoms with Crippen molar-refractivity contribution in [2.45, 2.75) is 53.4 Å². The summed E-state index contributed by atoms with van der Waals surface area (Å²) in [5.74, 6) is 2.50. The standard InChI is InChI=1S/C10H21/c1-5-7-8-10(6-2)9(3)4/h10H,5-8H2,1-4H3. The zero-order valence-corrected chi connectivity index (χ0v) is 7.91. The molecule has 61 valence electrons. The molecular weight excluding hydrogens is 120 g/mol. The molecule has 0 heteroatoms. The average molecular weight is 141 g/mol. The molecule has 0 nitrogen and oxygen atoms in total. The Bertz CT molecular complexity index is 64.4. The van der Waals surface area contributed by atoms with Crippen LogP contribution in [0.1, 0.15) is 53.4 Å². The molecule has 0 aliphatic heterocycles. The van der Waals surface area contributed by atoms with E-state index < -0.39 is 0 Å². The molecule has 0 spiro atoms. The van der Waals surface area contributed by atoms with Crippen molar-refractivity contribution in [1.29, 1.82) is 0 Å². The van der Waals surface area contributed by atoms with E-state index >= 15 is 0 Å². The molecule has 0 amide bonds. The van der Waals surface area contributed by atoms with Gasteiger partial charge >= 0.3 is 0 Å². The van der Waals surface area contributed by atoms with Gasteiger partial charge in [-0.1, -0.05) is 47.0 Å². The number of hydrogen-bond donors (Lipinski definition) is 0. The van der Waals surface area contributed by atoms with Crippen LogP contribution in [-0.4, -0.2) is 0 Å². The molecule has 0 heterocycles. The summed E-state index contributed by atoms with van der Waals surface area (Å²) in [6.07, 6.45) is 5.45. The Labute approximate surface area is 66.0 Å². The third kappa shape index (κ3) is 3.92. The van der Waals surface area contributed by atoms with Crippen molar-refractivity contribution in [2.24, 2.45) is 5.92 Å². The largest absolute Gasteiger partial charge is 0.0654 e. The molecule has 0 aliphatic carbocycles. The van der Waals surface area contributed by atoms with Crippen molar-refractivity contribution >= 4 is 0 Å². The van der Waals surface area contributed by atoms with Gasteiger partial charge in [-0.2, -0.15) is 0 Å². The highest BCUT2D eigenvalue weighted by molar-refractivity contribution is 4.85. The van der Waals surface area contributed by atoms with Gasteiger partial charge in [0.05, 0.1) is 0 Å². The second-order valence-electron chi connectivity index (χ2n) is 3.32. The highest BCUT2D eigenvalue weighted by atomic mass is 14.1. The second kappa shape index (κ2) is 5.76. The van der Waals surface area contributed by atoms with Crippen LogP contribution in [0.3, 0.4) is 0 Å². The van der Waals surface area contributed by atoms with E-state index in [0.29, 0.717) is 0 Å². The maximum Gasteiger partial charge on any atom is -0.0272 e. The third-order valence-corrected chi connectivity index (χ3v) is 2.22. The number of hydrogen-bond acceptors (Lipinski definition) is 0. The van der Waals surface area contributed by atoms with Crippen LogP contribution in [0.4, 0.5) is 0 Å². The van der Waals surface area contributed by atoms with E-state index in [1.165, 1.54) is 25.7 Å². The minimum atomic E-state index is 0.889. The van der Waals surface area contributed by atoms with Crippen molar-refractivity contribution in [3.63, 3.8) is 0 Å². The Hall–Kier alpha value is 0. The minimum absolute atomic E-state index is 0.889. The summed E-state index contributed by atoms with van der Waals surface area (Å²) < 4.78 is 0. The summed E-state index contributed by atoms with van der Waals surface area (Å²) in [7, 11) is 0. The van der Waals surface area contributed by atoms with E-state index in [-0.39, 0.29) is 0 Å². The molecule has 0 aromatic rings. The molecule has 0 N–H and O–H groups in total. The summed E-state index contributed by atoms with van der Waals surface area (Å²) in [5, 5.41) is 0. The minimum Gasteiger partial charge on any atom is -0.0654 e. The summed E-state index contributed by atoms with van der Waals surface area (Å²) in [5.41, 5.74) is 0. The lowest BCUT2D eigenvalue weighted by Gasteiger charge is -2.17. The molecule has 0 aromatic heterocycles. The van der Waals surface area contributed by atoms with Crippen LogP contribution < -0.4 is 0 Å². The predicted molar refractivity (Wildman–Crippen MR) is 47.9 cm³/mol. The van der Waals surface area contributed by atoms with Crippen LogP contribution in [0.2, 0.25) is 0 Å². The Morgan fingerprint density at radius 1 is 1.20 bits per heavy atom. The van der Waals surface area contributed by atoms with Gasteiger partial charge in [0.25, 0.3) is 0 Å². The molecule has 0 aromatic carbocycles. The van der Waals surface area contributed by atoms with Crippen LogP contribution in [0, 0.1) is 11.8 Å². The van der Waals surface area contributed by atoms with Gasteiger partial charge in [0.15, 0.2) is 0 Å². The summed E-state index contributed by atoms with van der Waals surface area (Å²) in [6, 6.07) is 0. The molecular formula is C10H21. The fourth-order valence-electron chi connectivity index (χ4n) is 1.35. The van der Waals surface area contributed by atoms with Gasteiger partial charge in [0, 0.05) is 0 Å². The third-order valence-electron chi connectivity index (χ3n) is 2.22. The predicted octanol–water partition coefficient (Wildman–Crippen LogP) is 3.82. The normalized spacial score (nSPS) is 14.1. The van der Waals surface area contributed by atoms with Crippen molar-refractivity contribution in [3.8, 4) is 0 Å². The van der Waals surface area contributed by atoms with Crippen molar-refractivity contribution < 1.29 is 0 Å². The maximum absolute atomic E-state index is 2.29. The van der Waals surface area contributed by atoms with E-state index in [9.17, 15) is 0 Å². The molecule has 0 fully saturated rings. The Morgan fingerprint density at radius 3 is 2.10 bits per heavy atom. The van der Waals surface area contributed by atoms with Crippen molar-refractivity contribution in [1.82, 2.24) is 0 Å². The van der Waals surface area contributed by atoms with Crippen LogP contribution >= 0.6 is 0 Å². The summed E-state index contributed by atoms with van der Waals surface area (Å²) >= 11 is 0. The molecule has 1 radical (unpaired) electrons. The molecule has 0 saturated heterocycles. The van der Waals surface area contributed by atoms with Crippen LogP contribution in [-0.2, 0) is 0 Å². The Balaban J connectivity index is 3.40. The van der Waals surface area contributed by atoms with Gasteiger partial charge in [0.1, 0.15) is 0 Å².